The first-order valence-electron chi connectivity index (χ1n) is 5.67. The van der Waals surface area contributed by atoms with E-state index >= 15 is 0 Å². The molecule has 17 heavy (non-hydrogen) atoms. The van der Waals surface area contributed by atoms with Gasteiger partial charge in [-0.3, -0.25) is 0 Å². The summed E-state index contributed by atoms with van der Waals surface area (Å²) in [4.78, 5) is 12.7. The first-order valence-corrected chi connectivity index (χ1v) is 5.67. The fourth-order valence-corrected chi connectivity index (χ4v) is 1.57. The molecular formula is C12H16N4O. The largest absolute Gasteiger partial charge is 0.444 e. The standard InChI is InChI=1S/C12H16N4O/c1-4-10-6-14-12(17-10)7-13-11-5-8(2)15-9(3)16-11/h5-6H,4,7H2,1-3H3,(H,13,15,16). The summed E-state index contributed by atoms with van der Waals surface area (Å²) in [7, 11) is 0. The molecule has 2 aromatic rings. The average molecular weight is 232 g/mol. The third-order valence-electron chi connectivity index (χ3n) is 2.34. The smallest absolute Gasteiger partial charge is 0.213 e. The molecule has 2 aromatic heterocycles. The van der Waals surface area contributed by atoms with Crippen LogP contribution in [0.3, 0.4) is 0 Å². The Bertz CT molecular complexity index is 487. The predicted octanol–water partition coefficient (Wildman–Crippen LogP) is 2.26. The molecule has 0 spiro atoms. The number of aromatic nitrogens is 3. The van der Waals surface area contributed by atoms with E-state index in [4.69, 9.17) is 4.42 Å². The van der Waals surface area contributed by atoms with Crippen molar-refractivity contribution in [2.75, 3.05) is 5.32 Å². The third-order valence-corrected chi connectivity index (χ3v) is 2.34. The second kappa shape index (κ2) is 4.95. The highest BCUT2D eigenvalue weighted by molar-refractivity contribution is 5.35. The van der Waals surface area contributed by atoms with Crippen molar-refractivity contribution in [2.24, 2.45) is 0 Å². The Balaban J connectivity index is 2.01. The molecule has 90 valence electrons. The average Bonchev–Trinajstić information content (AvgIpc) is 2.73. The topological polar surface area (TPSA) is 63.8 Å². The van der Waals surface area contributed by atoms with Crippen LogP contribution in [-0.4, -0.2) is 15.0 Å². The number of anilines is 1. The number of nitrogens with zero attached hydrogens (tertiary/aromatic N) is 3. The molecule has 0 aromatic carbocycles. The van der Waals surface area contributed by atoms with Crippen molar-refractivity contribution in [3.8, 4) is 0 Å². The highest BCUT2D eigenvalue weighted by Crippen LogP contribution is 2.09. The van der Waals surface area contributed by atoms with Crippen LogP contribution in [0.25, 0.3) is 0 Å². The normalized spacial score (nSPS) is 10.5. The van der Waals surface area contributed by atoms with Crippen LogP contribution in [0.2, 0.25) is 0 Å². The van der Waals surface area contributed by atoms with E-state index in [1.165, 1.54) is 0 Å². The molecule has 2 heterocycles. The molecule has 0 saturated heterocycles. The lowest BCUT2D eigenvalue weighted by Crippen LogP contribution is -2.04. The van der Waals surface area contributed by atoms with E-state index in [0.29, 0.717) is 12.4 Å². The van der Waals surface area contributed by atoms with Crippen LogP contribution in [0.1, 0.15) is 30.1 Å². The van der Waals surface area contributed by atoms with Gasteiger partial charge in [0.15, 0.2) is 0 Å². The molecule has 1 N–H and O–H groups in total. The van der Waals surface area contributed by atoms with Gasteiger partial charge in [-0.1, -0.05) is 6.92 Å². The van der Waals surface area contributed by atoms with E-state index < -0.39 is 0 Å². The minimum absolute atomic E-state index is 0.538. The van der Waals surface area contributed by atoms with Crippen LogP contribution in [0.15, 0.2) is 16.7 Å². The molecule has 2 rings (SSSR count). The van der Waals surface area contributed by atoms with Crippen molar-refractivity contribution in [3.05, 3.63) is 35.4 Å². The van der Waals surface area contributed by atoms with E-state index in [-0.39, 0.29) is 0 Å². The van der Waals surface area contributed by atoms with Crippen LogP contribution in [0.5, 0.6) is 0 Å². The summed E-state index contributed by atoms with van der Waals surface area (Å²) in [5, 5.41) is 3.17. The third kappa shape index (κ3) is 3.03. The van der Waals surface area contributed by atoms with Gasteiger partial charge in [-0.25, -0.2) is 15.0 Å². The number of hydrogen-bond donors (Lipinski definition) is 1. The monoisotopic (exact) mass is 232 g/mol. The zero-order chi connectivity index (χ0) is 12.3. The molecular weight excluding hydrogens is 216 g/mol. The fourth-order valence-electron chi connectivity index (χ4n) is 1.57. The summed E-state index contributed by atoms with van der Waals surface area (Å²) in [5.74, 6) is 3.13. The van der Waals surface area contributed by atoms with Gasteiger partial charge in [0.1, 0.15) is 17.4 Å². The molecule has 0 atom stereocenters. The van der Waals surface area contributed by atoms with Crippen LogP contribution < -0.4 is 5.32 Å². The van der Waals surface area contributed by atoms with Gasteiger partial charge in [-0.2, -0.15) is 0 Å². The number of oxazole rings is 1. The zero-order valence-corrected chi connectivity index (χ0v) is 10.3. The number of hydrogen-bond acceptors (Lipinski definition) is 5. The molecule has 5 nitrogen and oxygen atoms in total. The van der Waals surface area contributed by atoms with Gasteiger partial charge in [0.25, 0.3) is 0 Å². The van der Waals surface area contributed by atoms with Crippen LogP contribution >= 0.6 is 0 Å². The number of aryl methyl sites for hydroxylation is 3. The van der Waals surface area contributed by atoms with Crippen molar-refractivity contribution >= 4 is 5.82 Å². The van der Waals surface area contributed by atoms with Gasteiger partial charge in [-0.15, -0.1) is 0 Å². The van der Waals surface area contributed by atoms with Gasteiger partial charge >= 0.3 is 0 Å². The lowest BCUT2D eigenvalue weighted by molar-refractivity contribution is 0.465. The summed E-state index contributed by atoms with van der Waals surface area (Å²) < 4.78 is 5.50. The summed E-state index contributed by atoms with van der Waals surface area (Å²) in [6, 6.07) is 1.90. The molecule has 0 saturated carbocycles. The van der Waals surface area contributed by atoms with Crippen molar-refractivity contribution in [2.45, 2.75) is 33.7 Å². The van der Waals surface area contributed by atoms with E-state index in [2.05, 4.69) is 20.3 Å². The van der Waals surface area contributed by atoms with Gasteiger partial charge in [0.2, 0.25) is 5.89 Å². The lowest BCUT2D eigenvalue weighted by atomic mass is 10.4. The molecule has 0 amide bonds. The maximum Gasteiger partial charge on any atom is 0.213 e. The Morgan fingerprint density at radius 1 is 1.29 bits per heavy atom. The second-order valence-corrected chi connectivity index (χ2v) is 3.87. The lowest BCUT2D eigenvalue weighted by Gasteiger charge is -2.04. The number of rotatable bonds is 4. The number of nitrogens with one attached hydrogen (secondary N) is 1. The summed E-state index contributed by atoms with van der Waals surface area (Å²) >= 11 is 0. The summed E-state index contributed by atoms with van der Waals surface area (Å²) in [6.45, 7) is 6.39. The Kier molecular flexibility index (Phi) is 3.37. The molecule has 0 unspecified atom stereocenters. The SMILES string of the molecule is CCc1cnc(CNc2cc(C)nc(C)n2)o1. The molecule has 0 aliphatic carbocycles. The molecule has 5 heteroatoms. The first kappa shape index (κ1) is 11.6. The van der Waals surface area contributed by atoms with Crippen LogP contribution in [0.4, 0.5) is 5.82 Å². The molecule has 0 aliphatic heterocycles. The van der Waals surface area contributed by atoms with E-state index in [1.54, 1.807) is 6.20 Å². The molecule has 0 fully saturated rings. The quantitative estimate of drug-likeness (QED) is 0.876. The Morgan fingerprint density at radius 2 is 2.12 bits per heavy atom. The van der Waals surface area contributed by atoms with E-state index in [9.17, 15) is 0 Å². The maximum atomic E-state index is 5.50. The minimum Gasteiger partial charge on any atom is -0.444 e. The Hall–Kier alpha value is -1.91. The minimum atomic E-state index is 0.538. The van der Waals surface area contributed by atoms with Gasteiger partial charge in [-0.05, 0) is 13.8 Å². The molecule has 0 bridgehead atoms. The van der Waals surface area contributed by atoms with Crippen LogP contribution in [0, 0.1) is 13.8 Å². The molecule has 0 aliphatic rings. The fraction of sp³-hybridized carbons (Fsp3) is 0.417. The van der Waals surface area contributed by atoms with E-state index in [0.717, 1.165) is 29.5 Å². The molecule has 0 radical (unpaired) electrons. The maximum absolute atomic E-state index is 5.50. The Labute approximate surface area is 100 Å². The predicted molar refractivity (Wildman–Crippen MR) is 64.7 cm³/mol. The highest BCUT2D eigenvalue weighted by Gasteiger charge is 2.03. The van der Waals surface area contributed by atoms with Gasteiger partial charge in [0, 0.05) is 18.2 Å². The van der Waals surface area contributed by atoms with Crippen molar-refractivity contribution in [1.29, 1.82) is 0 Å². The van der Waals surface area contributed by atoms with Gasteiger partial charge < -0.3 is 9.73 Å². The van der Waals surface area contributed by atoms with Crippen molar-refractivity contribution in [1.82, 2.24) is 15.0 Å². The first-order chi connectivity index (χ1) is 8.17. The zero-order valence-electron chi connectivity index (χ0n) is 10.3. The summed E-state index contributed by atoms with van der Waals surface area (Å²) in [5.41, 5.74) is 0.946. The van der Waals surface area contributed by atoms with Crippen LogP contribution in [-0.2, 0) is 13.0 Å². The second-order valence-electron chi connectivity index (χ2n) is 3.87. The van der Waals surface area contributed by atoms with Crippen molar-refractivity contribution in [3.63, 3.8) is 0 Å². The van der Waals surface area contributed by atoms with E-state index in [1.807, 2.05) is 26.8 Å². The van der Waals surface area contributed by atoms with Crippen molar-refractivity contribution < 1.29 is 4.42 Å². The van der Waals surface area contributed by atoms with Gasteiger partial charge in [0.05, 0.1) is 12.7 Å². The Morgan fingerprint density at radius 3 is 2.76 bits per heavy atom. The highest BCUT2D eigenvalue weighted by atomic mass is 16.4. The summed E-state index contributed by atoms with van der Waals surface area (Å²) in [6.07, 6.45) is 2.62.